The quantitative estimate of drug-likeness (QED) is 0.685. The van der Waals surface area contributed by atoms with E-state index >= 15 is 0 Å². The normalized spacial score (nSPS) is 13.8. The molecule has 0 heterocycles. The van der Waals surface area contributed by atoms with E-state index < -0.39 is 6.10 Å². The molecule has 0 saturated carbocycles. The second-order valence-corrected chi connectivity index (χ2v) is 4.19. The average molecular weight is 247 g/mol. The first-order chi connectivity index (χ1) is 8.76. The van der Waals surface area contributed by atoms with Crippen molar-refractivity contribution in [3.8, 4) is 12.3 Å². The van der Waals surface area contributed by atoms with Gasteiger partial charge in [0, 0.05) is 6.54 Å². The zero-order chi connectivity index (χ0) is 13.2. The van der Waals surface area contributed by atoms with Crippen LogP contribution in [0.3, 0.4) is 0 Å². The van der Waals surface area contributed by atoms with Gasteiger partial charge in [0.2, 0.25) is 0 Å². The van der Waals surface area contributed by atoms with Crippen molar-refractivity contribution >= 4 is 0 Å². The Labute approximate surface area is 109 Å². The van der Waals surface area contributed by atoms with E-state index in [1.54, 1.807) is 0 Å². The van der Waals surface area contributed by atoms with E-state index in [1.807, 2.05) is 37.3 Å². The lowest BCUT2D eigenvalue weighted by atomic mass is 10.2. The molecule has 2 unspecified atom stereocenters. The molecule has 0 radical (unpaired) electrons. The van der Waals surface area contributed by atoms with Crippen molar-refractivity contribution in [2.75, 3.05) is 13.2 Å². The SMILES string of the molecule is C#CC(CC)NCC(O)COCc1ccccc1. The summed E-state index contributed by atoms with van der Waals surface area (Å²) in [7, 11) is 0. The van der Waals surface area contributed by atoms with Gasteiger partial charge in [-0.05, 0) is 12.0 Å². The summed E-state index contributed by atoms with van der Waals surface area (Å²) in [6.45, 7) is 3.29. The molecule has 0 aromatic heterocycles. The molecule has 0 saturated heterocycles. The number of ether oxygens (including phenoxy) is 1. The molecule has 1 aromatic carbocycles. The van der Waals surface area contributed by atoms with Gasteiger partial charge in [-0.3, -0.25) is 0 Å². The van der Waals surface area contributed by atoms with Crippen molar-refractivity contribution in [3.63, 3.8) is 0 Å². The summed E-state index contributed by atoms with van der Waals surface area (Å²) in [5.74, 6) is 2.63. The fraction of sp³-hybridized carbons (Fsp3) is 0.467. The topological polar surface area (TPSA) is 41.5 Å². The van der Waals surface area contributed by atoms with Crippen LogP contribution in [0.25, 0.3) is 0 Å². The lowest BCUT2D eigenvalue weighted by molar-refractivity contribution is 0.0282. The molecule has 0 bridgehead atoms. The molecular weight excluding hydrogens is 226 g/mol. The average Bonchev–Trinajstić information content (AvgIpc) is 2.41. The Kier molecular flexibility index (Phi) is 7.12. The summed E-state index contributed by atoms with van der Waals surface area (Å²) in [6.07, 6.45) is 5.64. The standard InChI is InChI=1S/C15H21NO2/c1-3-14(4-2)16-10-15(17)12-18-11-13-8-6-5-7-9-13/h1,5-9,14-17H,4,10-12H2,2H3. The molecule has 1 aromatic rings. The maximum absolute atomic E-state index is 9.71. The van der Waals surface area contributed by atoms with E-state index in [2.05, 4.69) is 11.2 Å². The highest BCUT2D eigenvalue weighted by atomic mass is 16.5. The third kappa shape index (κ3) is 5.83. The van der Waals surface area contributed by atoms with Crippen molar-refractivity contribution in [1.29, 1.82) is 0 Å². The molecule has 3 nitrogen and oxygen atoms in total. The number of benzene rings is 1. The van der Waals surface area contributed by atoms with Gasteiger partial charge in [-0.15, -0.1) is 6.42 Å². The maximum atomic E-state index is 9.71. The van der Waals surface area contributed by atoms with Gasteiger partial charge >= 0.3 is 0 Å². The van der Waals surface area contributed by atoms with Crippen molar-refractivity contribution in [1.82, 2.24) is 5.32 Å². The first-order valence-corrected chi connectivity index (χ1v) is 6.25. The summed E-state index contributed by atoms with van der Waals surface area (Å²) in [6, 6.07) is 9.91. The Morgan fingerprint density at radius 1 is 1.39 bits per heavy atom. The molecule has 0 spiro atoms. The Morgan fingerprint density at radius 2 is 2.11 bits per heavy atom. The predicted octanol–water partition coefficient (Wildman–Crippen LogP) is 1.57. The number of nitrogens with one attached hydrogen (secondary N) is 1. The largest absolute Gasteiger partial charge is 0.389 e. The minimum absolute atomic E-state index is 0.0220. The summed E-state index contributed by atoms with van der Waals surface area (Å²) in [4.78, 5) is 0. The summed E-state index contributed by atoms with van der Waals surface area (Å²) < 4.78 is 5.44. The number of aliphatic hydroxyl groups is 1. The van der Waals surface area contributed by atoms with Crippen LogP contribution in [-0.4, -0.2) is 30.4 Å². The van der Waals surface area contributed by atoms with Crippen LogP contribution >= 0.6 is 0 Å². The van der Waals surface area contributed by atoms with Gasteiger partial charge in [-0.1, -0.05) is 43.2 Å². The highest BCUT2D eigenvalue weighted by Crippen LogP contribution is 2.01. The van der Waals surface area contributed by atoms with Crippen molar-refractivity contribution in [3.05, 3.63) is 35.9 Å². The monoisotopic (exact) mass is 247 g/mol. The van der Waals surface area contributed by atoms with Crippen LogP contribution < -0.4 is 5.32 Å². The van der Waals surface area contributed by atoms with Gasteiger partial charge in [0.1, 0.15) is 0 Å². The zero-order valence-electron chi connectivity index (χ0n) is 10.8. The fourth-order valence-corrected chi connectivity index (χ4v) is 1.55. The lowest BCUT2D eigenvalue weighted by Gasteiger charge is -2.15. The fourth-order valence-electron chi connectivity index (χ4n) is 1.55. The van der Waals surface area contributed by atoms with Crippen LogP contribution in [0.2, 0.25) is 0 Å². The van der Waals surface area contributed by atoms with Crippen molar-refractivity contribution in [2.45, 2.75) is 32.1 Å². The second-order valence-electron chi connectivity index (χ2n) is 4.19. The summed E-state index contributed by atoms with van der Waals surface area (Å²) in [5, 5.41) is 12.8. The van der Waals surface area contributed by atoms with Crippen molar-refractivity contribution in [2.24, 2.45) is 0 Å². The number of rotatable bonds is 8. The predicted molar refractivity (Wildman–Crippen MR) is 73.0 cm³/mol. The van der Waals surface area contributed by atoms with E-state index in [-0.39, 0.29) is 6.04 Å². The molecule has 0 aliphatic heterocycles. The molecule has 2 N–H and O–H groups in total. The summed E-state index contributed by atoms with van der Waals surface area (Å²) >= 11 is 0. The lowest BCUT2D eigenvalue weighted by Crippen LogP contribution is -2.36. The minimum Gasteiger partial charge on any atom is -0.389 e. The van der Waals surface area contributed by atoms with E-state index in [9.17, 15) is 5.11 Å². The van der Waals surface area contributed by atoms with Crippen LogP contribution in [0.4, 0.5) is 0 Å². The number of hydrogen-bond acceptors (Lipinski definition) is 3. The molecule has 98 valence electrons. The zero-order valence-corrected chi connectivity index (χ0v) is 10.8. The van der Waals surface area contributed by atoms with E-state index in [4.69, 9.17) is 11.2 Å². The number of aliphatic hydroxyl groups excluding tert-OH is 1. The smallest absolute Gasteiger partial charge is 0.0898 e. The first kappa shape index (κ1) is 14.7. The van der Waals surface area contributed by atoms with Crippen LogP contribution in [0.1, 0.15) is 18.9 Å². The van der Waals surface area contributed by atoms with Crippen LogP contribution in [0.15, 0.2) is 30.3 Å². The molecule has 2 atom stereocenters. The highest BCUT2D eigenvalue weighted by Gasteiger charge is 2.07. The molecule has 1 rings (SSSR count). The number of terminal acetylenes is 1. The molecule has 0 aliphatic carbocycles. The van der Waals surface area contributed by atoms with Crippen LogP contribution in [-0.2, 0) is 11.3 Å². The molecule has 0 amide bonds. The Hall–Kier alpha value is -1.34. The maximum Gasteiger partial charge on any atom is 0.0898 e. The molecule has 0 aliphatic rings. The van der Waals surface area contributed by atoms with E-state index in [0.717, 1.165) is 12.0 Å². The Morgan fingerprint density at radius 3 is 2.72 bits per heavy atom. The molecule has 0 fully saturated rings. The minimum atomic E-state index is -0.531. The Balaban J connectivity index is 2.14. The van der Waals surface area contributed by atoms with Gasteiger partial charge < -0.3 is 15.2 Å². The Bertz CT molecular complexity index is 359. The van der Waals surface area contributed by atoms with E-state index in [0.29, 0.717) is 19.8 Å². The third-order valence-corrected chi connectivity index (χ3v) is 2.63. The van der Waals surface area contributed by atoms with Gasteiger partial charge in [0.25, 0.3) is 0 Å². The van der Waals surface area contributed by atoms with E-state index in [1.165, 1.54) is 0 Å². The summed E-state index contributed by atoms with van der Waals surface area (Å²) in [5.41, 5.74) is 1.10. The van der Waals surface area contributed by atoms with Crippen molar-refractivity contribution < 1.29 is 9.84 Å². The molecule has 3 heteroatoms. The third-order valence-electron chi connectivity index (χ3n) is 2.63. The van der Waals surface area contributed by atoms with Gasteiger partial charge in [-0.25, -0.2) is 0 Å². The van der Waals surface area contributed by atoms with Gasteiger partial charge in [0.05, 0.1) is 25.4 Å². The first-order valence-electron chi connectivity index (χ1n) is 6.25. The van der Waals surface area contributed by atoms with Crippen LogP contribution in [0, 0.1) is 12.3 Å². The molecule has 18 heavy (non-hydrogen) atoms. The number of hydrogen-bond donors (Lipinski definition) is 2. The van der Waals surface area contributed by atoms with Gasteiger partial charge in [0.15, 0.2) is 0 Å². The molecular formula is C15H21NO2. The second kappa shape index (κ2) is 8.71. The van der Waals surface area contributed by atoms with Crippen LogP contribution in [0.5, 0.6) is 0 Å². The van der Waals surface area contributed by atoms with Gasteiger partial charge in [-0.2, -0.15) is 0 Å². The highest BCUT2D eigenvalue weighted by molar-refractivity contribution is 5.13.